The van der Waals surface area contributed by atoms with Crippen LogP contribution in [-0.2, 0) is 4.79 Å². The second kappa shape index (κ2) is 10.2. The Hall–Kier alpha value is -4.17. The monoisotopic (exact) mass is 497 g/mol. The molecule has 0 spiro atoms. The fourth-order valence-corrected chi connectivity index (χ4v) is 4.91. The number of nitrogens with one attached hydrogen (secondary N) is 2. The number of methoxy groups -OCH3 is 1. The molecule has 7 nitrogen and oxygen atoms in total. The van der Waals surface area contributed by atoms with Crippen LogP contribution in [0.3, 0.4) is 0 Å². The number of carbonyl (C=O) groups excluding carboxylic acids is 1. The summed E-state index contributed by atoms with van der Waals surface area (Å²) < 4.78 is 7.81. The van der Waals surface area contributed by atoms with Crippen molar-refractivity contribution < 1.29 is 9.53 Å². The van der Waals surface area contributed by atoms with Crippen LogP contribution in [0.4, 0.5) is 11.4 Å². The van der Waals surface area contributed by atoms with E-state index in [1.807, 2.05) is 67.6 Å². The van der Waals surface area contributed by atoms with Gasteiger partial charge >= 0.3 is 0 Å². The van der Waals surface area contributed by atoms with Crippen molar-refractivity contribution in [3.63, 3.8) is 0 Å². The number of ether oxygens (including phenoxy) is 1. The molecule has 8 heteroatoms. The Balaban J connectivity index is 1.62. The van der Waals surface area contributed by atoms with Crippen LogP contribution in [0, 0.1) is 0 Å². The van der Waals surface area contributed by atoms with Crippen LogP contribution in [0.25, 0.3) is 5.69 Å². The minimum absolute atomic E-state index is 0.0757. The van der Waals surface area contributed by atoms with Gasteiger partial charge in [0.05, 0.1) is 24.5 Å². The van der Waals surface area contributed by atoms with E-state index in [1.54, 1.807) is 13.3 Å². The number of aromatic nitrogens is 2. The van der Waals surface area contributed by atoms with E-state index in [-0.39, 0.29) is 18.0 Å². The summed E-state index contributed by atoms with van der Waals surface area (Å²) in [6, 6.07) is 25.6. The lowest BCUT2D eigenvalue weighted by atomic mass is 10.0. The van der Waals surface area contributed by atoms with Gasteiger partial charge in [0.25, 0.3) is 0 Å². The average molecular weight is 498 g/mol. The first-order valence-electron chi connectivity index (χ1n) is 11.8. The Labute approximate surface area is 215 Å². The van der Waals surface area contributed by atoms with Gasteiger partial charge in [-0.2, -0.15) is 0 Å². The highest BCUT2D eigenvalue weighted by atomic mass is 32.1. The van der Waals surface area contributed by atoms with Crippen molar-refractivity contribution in [3.05, 3.63) is 103 Å². The van der Waals surface area contributed by atoms with Crippen molar-refractivity contribution in [2.24, 2.45) is 0 Å². The van der Waals surface area contributed by atoms with Gasteiger partial charge in [0.1, 0.15) is 11.8 Å². The van der Waals surface area contributed by atoms with Gasteiger partial charge in [0.15, 0.2) is 5.11 Å². The Morgan fingerprint density at radius 3 is 2.58 bits per heavy atom. The molecule has 0 aliphatic carbocycles. The van der Waals surface area contributed by atoms with Crippen molar-refractivity contribution in [2.45, 2.75) is 25.4 Å². The van der Waals surface area contributed by atoms with Crippen molar-refractivity contribution in [3.8, 4) is 11.4 Å². The number of anilines is 2. The number of para-hydroxylation sites is 1. The summed E-state index contributed by atoms with van der Waals surface area (Å²) in [6.07, 6.45) is 4.24. The molecule has 0 unspecified atom stereocenters. The van der Waals surface area contributed by atoms with E-state index in [0.29, 0.717) is 23.0 Å². The van der Waals surface area contributed by atoms with Gasteiger partial charge in [-0.25, -0.2) is 0 Å². The maximum absolute atomic E-state index is 12.0. The van der Waals surface area contributed by atoms with Gasteiger partial charge in [0, 0.05) is 41.9 Å². The van der Waals surface area contributed by atoms with E-state index in [4.69, 9.17) is 17.0 Å². The molecule has 1 aliphatic rings. The molecule has 1 amide bonds. The molecule has 5 rings (SSSR count). The summed E-state index contributed by atoms with van der Waals surface area (Å²) in [5, 5.41) is 6.99. The van der Waals surface area contributed by atoms with Gasteiger partial charge in [0.2, 0.25) is 5.91 Å². The molecule has 0 bridgehead atoms. The molecule has 182 valence electrons. The van der Waals surface area contributed by atoms with Gasteiger partial charge in [-0.3, -0.25) is 9.78 Å². The highest BCUT2D eigenvalue weighted by Gasteiger charge is 2.42. The van der Waals surface area contributed by atoms with Crippen molar-refractivity contribution >= 4 is 34.6 Å². The van der Waals surface area contributed by atoms with E-state index in [0.717, 1.165) is 22.8 Å². The molecule has 0 radical (unpaired) electrons. The summed E-state index contributed by atoms with van der Waals surface area (Å²) in [5.41, 5.74) is 4.49. The molecule has 2 atom stereocenters. The number of hydrogen-bond donors (Lipinski definition) is 2. The fourth-order valence-electron chi connectivity index (χ4n) is 4.56. The lowest BCUT2D eigenvalue weighted by Crippen LogP contribution is -2.30. The third-order valence-electron chi connectivity index (χ3n) is 6.27. The van der Waals surface area contributed by atoms with Crippen LogP contribution >= 0.6 is 12.2 Å². The number of thiocarbonyl (C=S) groups is 1. The van der Waals surface area contributed by atoms with Crippen LogP contribution < -0.4 is 20.3 Å². The zero-order chi connectivity index (χ0) is 25.1. The molecule has 36 heavy (non-hydrogen) atoms. The third-order valence-corrected chi connectivity index (χ3v) is 6.59. The molecule has 0 saturated carbocycles. The van der Waals surface area contributed by atoms with Crippen LogP contribution in [0.1, 0.15) is 36.8 Å². The van der Waals surface area contributed by atoms with E-state index in [2.05, 4.69) is 49.5 Å². The highest BCUT2D eigenvalue weighted by Crippen LogP contribution is 2.43. The maximum Gasteiger partial charge on any atom is 0.224 e. The molecule has 1 saturated heterocycles. The Morgan fingerprint density at radius 1 is 1.06 bits per heavy atom. The number of rotatable bonds is 7. The summed E-state index contributed by atoms with van der Waals surface area (Å²) >= 11 is 5.88. The van der Waals surface area contributed by atoms with E-state index >= 15 is 0 Å². The first kappa shape index (κ1) is 23.6. The quantitative estimate of drug-likeness (QED) is 0.333. The molecule has 2 aromatic carbocycles. The van der Waals surface area contributed by atoms with Gasteiger partial charge in [-0.05, 0) is 60.7 Å². The smallest absolute Gasteiger partial charge is 0.224 e. The molecule has 2 aromatic heterocycles. The Bertz CT molecular complexity index is 1370. The number of carbonyl (C=O) groups is 1. The molecular formula is C28H27N5O2S. The van der Waals surface area contributed by atoms with E-state index in [9.17, 15) is 4.79 Å². The first-order chi connectivity index (χ1) is 17.6. The Morgan fingerprint density at radius 2 is 1.86 bits per heavy atom. The highest BCUT2D eigenvalue weighted by molar-refractivity contribution is 7.80. The standard InChI is InChI=1S/C28H27N5O2S/c1-3-25(34)30-21-15-14-20(18-24(21)35-2)33-27(26(31-28(33)36)22-12-7-8-16-29-22)23-13-9-17-32(23)19-10-5-4-6-11-19/h4-18,26-27H,3H2,1-2H3,(H,30,34)(H,31,36)/t26-,27+/m0/s1. The van der Waals surface area contributed by atoms with Crippen LogP contribution in [0.2, 0.25) is 0 Å². The predicted molar refractivity (Wildman–Crippen MR) is 146 cm³/mol. The zero-order valence-corrected chi connectivity index (χ0v) is 20.9. The SMILES string of the molecule is CCC(=O)Nc1ccc(N2C(=S)N[C@@H](c3ccccn3)[C@H]2c2cccn2-c2ccccc2)cc1OC. The van der Waals surface area contributed by atoms with Gasteiger partial charge < -0.3 is 24.8 Å². The van der Waals surface area contributed by atoms with E-state index < -0.39 is 0 Å². The molecular weight excluding hydrogens is 470 g/mol. The second-order valence-corrected chi connectivity index (χ2v) is 8.81. The lowest BCUT2D eigenvalue weighted by molar-refractivity contribution is -0.115. The number of hydrogen-bond acceptors (Lipinski definition) is 4. The number of pyridine rings is 1. The topological polar surface area (TPSA) is 71.4 Å². The third kappa shape index (κ3) is 4.43. The van der Waals surface area contributed by atoms with E-state index in [1.165, 1.54) is 0 Å². The zero-order valence-electron chi connectivity index (χ0n) is 20.1. The number of nitrogens with zero attached hydrogens (tertiary/aromatic N) is 3. The fraction of sp³-hybridized carbons (Fsp3) is 0.179. The summed E-state index contributed by atoms with van der Waals surface area (Å²) in [6.45, 7) is 1.81. The summed E-state index contributed by atoms with van der Waals surface area (Å²) in [7, 11) is 1.59. The van der Waals surface area contributed by atoms with Crippen LogP contribution in [0.5, 0.6) is 5.75 Å². The maximum atomic E-state index is 12.0. The minimum Gasteiger partial charge on any atom is -0.494 e. The average Bonchev–Trinajstić information content (AvgIpc) is 3.54. The lowest BCUT2D eigenvalue weighted by Gasteiger charge is -2.29. The molecule has 1 fully saturated rings. The second-order valence-electron chi connectivity index (χ2n) is 8.42. The van der Waals surface area contributed by atoms with Crippen LogP contribution in [-0.4, -0.2) is 27.7 Å². The van der Waals surface area contributed by atoms with Gasteiger partial charge in [-0.15, -0.1) is 0 Å². The molecule has 2 N–H and O–H groups in total. The van der Waals surface area contributed by atoms with Crippen molar-refractivity contribution in [2.75, 3.05) is 17.3 Å². The van der Waals surface area contributed by atoms with Crippen molar-refractivity contribution in [1.29, 1.82) is 0 Å². The molecule has 3 heterocycles. The molecule has 1 aliphatic heterocycles. The summed E-state index contributed by atoms with van der Waals surface area (Å²) in [4.78, 5) is 18.7. The number of amides is 1. The largest absolute Gasteiger partial charge is 0.494 e. The predicted octanol–water partition coefficient (Wildman–Crippen LogP) is 5.41. The van der Waals surface area contributed by atoms with Gasteiger partial charge in [-0.1, -0.05) is 31.2 Å². The first-order valence-corrected chi connectivity index (χ1v) is 12.2. The molecule has 4 aromatic rings. The van der Waals surface area contributed by atoms with Crippen LogP contribution in [0.15, 0.2) is 91.3 Å². The number of benzene rings is 2. The van der Waals surface area contributed by atoms with Crippen molar-refractivity contribution in [1.82, 2.24) is 14.9 Å². The normalized spacial score (nSPS) is 17.1. The minimum atomic E-state index is -0.191. The Kier molecular flexibility index (Phi) is 6.69. The summed E-state index contributed by atoms with van der Waals surface area (Å²) in [5.74, 6) is 0.490.